The molecule has 1 N–H and O–H groups in total. The largest absolute Gasteiger partial charge is 0.478 e. The van der Waals surface area contributed by atoms with Crippen LogP contribution in [0, 0.1) is 0 Å². The van der Waals surface area contributed by atoms with E-state index in [-0.39, 0.29) is 11.5 Å². The normalized spacial score (nSPS) is 10.6. The van der Waals surface area contributed by atoms with Crippen molar-refractivity contribution in [3.05, 3.63) is 35.4 Å². The fourth-order valence-corrected chi connectivity index (χ4v) is 2.03. The van der Waals surface area contributed by atoms with Crippen molar-refractivity contribution in [2.45, 2.75) is 20.4 Å². The molecule has 5 heteroatoms. The minimum atomic E-state index is -0.929. The topological polar surface area (TPSA) is 60.9 Å². The van der Waals surface area contributed by atoms with E-state index >= 15 is 0 Å². The zero-order valence-electron chi connectivity index (χ0n) is 12.3. The van der Waals surface area contributed by atoms with Crippen LogP contribution < -0.4 is 0 Å². The summed E-state index contributed by atoms with van der Waals surface area (Å²) in [6, 6.07) is 6.72. The number of rotatable bonds is 7. The third-order valence-corrected chi connectivity index (χ3v) is 3.17. The molecule has 1 aromatic carbocycles. The summed E-state index contributed by atoms with van der Waals surface area (Å²) < 4.78 is 0. The molecule has 0 saturated carbocycles. The minimum absolute atomic E-state index is 0.111. The van der Waals surface area contributed by atoms with Gasteiger partial charge in [-0.25, -0.2) is 4.79 Å². The van der Waals surface area contributed by atoms with Crippen molar-refractivity contribution >= 4 is 11.9 Å². The van der Waals surface area contributed by atoms with Crippen LogP contribution in [0.2, 0.25) is 0 Å². The number of carboxylic acids is 1. The van der Waals surface area contributed by atoms with E-state index in [1.54, 1.807) is 29.2 Å². The fraction of sp³-hybridized carbons (Fsp3) is 0.467. The Morgan fingerprint density at radius 2 is 1.65 bits per heavy atom. The summed E-state index contributed by atoms with van der Waals surface area (Å²) in [7, 11) is 1.88. The molecule has 0 fully saturated rings. The molecule has 0 aliphatic rings. The first-order valence-electron chi connectivity index (χ1n) is 6.76. The second kappa shape index (κ2) is 7.65. The highest BCUT2D eigenvalue weighted by Gasteiger charge is 2.12. The minimum Gasteiger partial charge on any atom is -0.478 e. The predicted molar refractivity (Wildman–Crippen MR) is 77.7 cm³/mol. The van der Waals surface area contributed by atoms with Crippen LogP contribution in [0.15, 0.2) is 24.3 Å². The monoisotopic (exact) mass is 278 g/mol. The Kier molecular flexibility index (Phi) is 6.18. The van der Waals surface area contributed by atoms with E-state index in [9.17, 15) is 9.59 Å². The second-order valence-corrected chi connectivity index (χ2v) is 4.74. The van der Waals surface area contributed by atoms with Crippen LogP contribution in [0.1, 0.15) is 29.8 Å². The molecule has 110 valence electrons. The van der Waals surface area contributed by atoms with Crippen molar-refractivity contribution in [1.29, 1.82) is 0 Å². The van der Waals surface area contributed by atoms with Gasteiger partial charge in [-0.15, -0.1) is 0 Å². The molecular formula is C15H22N2O3. The van der Waals surface area contributed by atoms with Crippen LogP contribution in [-0.2, 0) is 11.3 Å². The number of aromatic carboxylic acids is 1. The maximum Gasteiger partial charge on any atom is 0.335 e. The van der Waals surface area contributed by atoms with Crippen LogP contribution >= 0.6 is 0 Å². The quantitative estimate of drug-likeness (QED) is 0.824. The summed E-state index contributed by atoms with van der Waals surface area (Å²) in [5, 5.41) is 8.83. The average molecular weight is 278 g/mol. The summed E-state index contributed by atoms with van der Waals surface area (Å²) in [4.78, 5) is 26.4. The van der Waals surface area contributed by atoms with Crippen molar-refractivity contribution in [1.82, 2.24) is 9.80 Å². The van der Waals surface area contributed by atoms with Gasteiger partial charge in [-0.1, -0.05) is 12.1 Å². The lowest BCUT2D eigenvalue weighted by molar-refractivity contribution is -0.131. The highest BCUT2D eigenvalue weighted by molar-refractivity contribution is 5.87. The predicted octanol–water partition coefficient (Wildman–Crippen LogP) is 1.68. The van der Waals surface area contributed by atoms with Gasteiger partial charge in [-0.2, -0.15) is 0 Å². The van der Waals surface area contributed by atoms with Crippen molar-refractivity contribution in [2.24, 2.45) is 0 Å². The highest BCUT2D eigenvalue weighted by atomic mass is 16.4. The molecule has 1 amide bonds. The summed E-state index contributed by atoms with van der Waals surface area (Å²) in [5.41, 5.74) is 1.26. The van der Waals surface area contributed by atoms with E-state index in [1.165, 1.54) is 0 Å². The molecule has 5 nitrogen and oxygen atoms in total. The highest BCUT2D eigenvalue weighted by Crippen LogP contribution is 2.07. The molecule has 1 aromatic rings. The van der Waals surface area contributed by atoms with Crippen molar-refractivity contribution in [3.8, 4) is 0 Å². The summed E-state index contributed by atoms with van der Waals surface area (Å²) >= 11 is 0. The van der Waals surface area contributed by atoms with E-state index in [0.717, 1.165) is 18.7 Å². The maximum atomic E-state index is 12.0. The molecule has 0 aliphatic heterocycles. The number of carbonyl (C=O) groups excluding carboxylic acids is 1. The van der Waals surface area contributed by atoms with Gasteiger partial charge >= 0.3 is 5.97 Å². The third-order valence-electron chi connectivity index (χ3n) is 3.17. The average Bonchev–Trinajstić information content (AvgIpc) is 2.40. The second-order valence-electron chi connectivity index (χ2n) is 4.74. The smallest absolute Gasteiger partial charge is 0.335 e. The first-order valence-corrected chi connectivity index (χ1v) is 6.76. The lowest BCUT2D eigenvalue weighted by atomic mass is 10.1. The molecule has 0 aliphatic carbocycles. The molecule has 20 heavy (non-hydrogen) atoms. The number of benzene rings is 1. The summed E-state index contributed by atoms with van der Waals surface area (Å²) in [6.07, 6.45) is 0. The fourth-order valence-electron chi connectivity index (χ4n) is 2.03. The zero-order valence-corrected chi connectivity index (χ0v) is 12.3. The molecular weight excluding hydrogens is 256 g/mol. The Bertz CT molecular complexity index is 453. The van der Waals surface area contributed by atoms with Gasteiger partial charge in [0.15, 0.2) is 0 Å². The molecule has 0 saturated heterocycles. The molecule has 0 atom stereocenters. The molecule has 0 radical (unpaired) electrons. The Morgan fingerprint density at radius 1 is 1.10 bits per heavy atom. The Morgan fingerprint density at radius 3 is 2.10 bits per heavy atom. The number of hydrogen-bond donors (Lipinski definition) is 1. The Hall–Kier alpha value is -1.88. The molecule has 0 spiro atoms. The van der Waals surface area contributed by atoms with Crippen LogP contribution in [0.5, 0.6) is 0 Å². The Balaban J connectivity index is 2.55. The van der Waals surface area contributed by atoms with Crippen molar-refractivity contribution in [3.63, 3.8) is 0 Å². The zero-order chi connectivity index (χ0) is 15.1. The number of hydrogen-bond acceptors (Lipinski definition) is 3. The molecule has 1 rings (SSSR count). The van der Waals surface area contributed by atoms with Crippen LogP contribution in [0.25, 0.3) is 0 Å². The van der Waals surface area contributed by atoms with Crippen LogP contribution in [-0.4, -0.2) is 53.5 Å². The number of carbonyl (C=O) groups is 2. The van der Waals surface area contributed by atoms with Crippen LogP contribution in [0.3, 0.4) is 0 Å². The maximum absolute atomic E-state index is 12.0. The van der Waals surface area contributed by atoms with E-state index in [0.29, 0.717) is 13.1 Å². The number of nitrogens with zero attached hydrogens (tertiary/aromatic N) is 2. The lowest BCUT2D eigenvalue weighted by Crippen LogP contribution is -2.38. The first-order chi connectivity index (χ1) is 9.47. The van der Waals surface area contributed by atoms with Crippen LogP contribution in [0.4, 0.5) is 0 Å². The van der Waals surface area contributed by atoms with Gasteiger partial charge in [0.25, 0.3) is 0 Å². The van der Waals surface area contributed by atoms with Gasteiger partial charge in [0.2, 0.25) is 5.91 Å². The van der Waals surface area contributed by atoms with E-state index in [2.05, 4.69) is 0 Å². The molecule has 0 heterocycles. The van der Waals surface area contributed by atoms with Crippen molar-refractivity contribution in [2.75, 3.05) is 26.7 Å². The van der Waals surface area contributed by atoms with Crippen molar-refractivity contribution < 1.29 is 14.7 Å². The molecule has 0 bridgehead atoms. The standard InChI is InChI=1S/C15H22N2O3/c1-4-17(5-2)14(18)11-16(3)10-12-6-8-13(9-7-12)15(19)20/h6-9H,4-5,10-11H2,1-3H3,(H,19,20). The SMILES string of the molecule is CCN(CC)C(=O)CN(C)Cc1ccc(C(=O)O)cc1. The summed E-state index contributed by atoms with van der Waals surface area (Å²) in [6.45, 7) is 6.35. The lowest BCUT2D eigenvalue weighted by Gasteiger charge is -2.23. The molecule has 0 unspecified atom stereocenters. The van der Waals surface area contributed by atoms with E-state index < -0.39 is 5.97 Å². The van der Waals surface area contributed by atoms with Gasteiger partial charge in [0, 0.05) is 19.6 Å². The number of likely N-dealkylation sites (N-methyl/N-ethyl adjacent to an activating group) is 2. The van der Waals surface area contributed by atoms with E-state index in [4.69, 9.17) is 5.11 Å². The first kappa shape index (κ1) is 16.2. The third kappa shape index (κ3) is 4.66. The number of carboxylic acid groups (broad SMARTS) is 1. The van der Waals surface area contributed by atoms with Gasteiger partial charge in [0.05, 0.1) is 12.1 Å². The summed E-state index contributed by atoms with van der Waals surface area (Å²) in [5.74, 6) is -0.818. The van der Waals surface area contributed by atoms with Gasteiger partial charge < -0.3 is 10.0 Å². The Labute approximate surface area is 119 Å². The van der Waals surface area contributed by atoms with Gasteiger partial charge in [-0.05, 0) is 38.6 Å². The van der Waals surface area contributed by atoms with Gasteiger partial charge in [-0.3, -0.25) is 9.69 Å². The van der Waals surface area contributed by atoms with Gasteiger partial charge in [0.1, 0.15) is 0 Å². The number of amides is 1. The van der Waals surface area contributed by atoms with E-state index in [1.807, 2.05) is 25.8 Å². The molecule has 0 aromatic heterocycles.